The molecule has 1 amide bonds. The summed E-state index contributed by atoms with van der Waals surface area (Å²) in [7, 11) is 1.58. The van der Waals surface area contributed by atoms with Crippen LogP contribution in [0.2, 0.25) is 5.02 Å². The van der Waals surface area contributed by atoms with Gasteiger partial charge in [0, 0.05) is 17.3 Å². The summed E-state index contributed by atoms with van der Waals surface area (Å²) in [5.41, 5.74) is 5.95. The molecule has 0 aliphatic rings. The second-order valence-electron chi connectivity index (χ2n) is 7.81. The molecule has 3 N–H and O–H groups in total. The number of carbonyl (C=O) groups is 2. The number of Topliss-reactive ketones (excluding diaryl/α,β-unsaturated/α-hetero) is 1. The van der Waals surface area contributed by atoms with Gasteiger partial charge in [0.25, 0.3) is 5.56 Å². The first-order chi connectivity index (χ1) is 16.2. The summed E-state index contributed by atoms with van der Waals surface area (Å²) in [6.07, 6.45) is 0. The number of anilines is 2. The van der Waals surface area contributed by atoms with E-state index in [0.717, 1.165) is 10.1 Å². The number of hydrogen-bond donors (Lipinski definition) is 2. The Balaban J connectivity index is 1.81. The molecule has 0 atom stereocenters. The first-order valence-corrected chi connectivity index (χ1v) is 11.0. The maximum absolute atomic E-state index is 13.1. The third-order valence-electron chi connectivity index (χ3n) is 5.20. The van der Waals surface area contributed by atoms with Crippen molar-refractivity contribution >= 4 is 34.8 Å². The summed E-state index contributed by atoms with van der Waals surface area (Å²) in [5, 5.41) is 3.26. The van der Waals surface area contributed by atoms with Crippen LogP contribution >= 0.6 is 11.6 Å². The van der Waals surface area contributed by atoms with Crippen LogP contribution in [0.1, 0.15) is 22.8 Å². The van der Waals surface area contributed by atoms with Gasteiger partial charge in [-0.15, -0.1) is 0 Å². The number of nitrogens with one attached hydrogen (secondary N) is 1. The Morgan fingerprint density at radius 2 is 1.65 bits per heavy atom. The van der Waals surface area contributed by atoms with Crippen LogP contribution in [-0.4, -0.2) is 45.9 Å². The van der Waals surface area contributed by atoms with Crippen LogP contribution in [0.15, 0.2) is 64.2 Å². The Morgan fingerprint density at radius 1 is 1.00 bits per heavy atom. The van der Waals surface area contributed by atoms with Crippen molar-refractivity contribution in [3.63, 3.8) is 0 Å². The van der Waals surface area contributed by atoms with E-state index in [1.54, 1.807) is 38.2 Å². The number of carbonyl (C=O) groups excluding carboxylic acids is 2. The second-order valence-corrected chi connectivity index (χ2v) is 8.25. The van der Waals surface area contributed by atoms with Crippen LogP contribution in [0.4, 0.5) is 11.5 Å². The smallest absolute Gasteiger partial charge is 0.332 e. The Labute approximate surface area is 201 Å². The lowest BCUT2D eigenvalue weighted by Crippen LogP contribution is -2.45. The highest BCUT2D eigenvalue weighted by Crippen LogP contribution is 2.13. The number of benzene rings is 2. The van der Waals surface area contributed by atoms with Gasteiger partial charge in [-0.1, -0.05) is 41.9 Å². The molecule has 0 bridgehead atoms. The molecule has 0 unspecified atom stereocenters. The molecule has 0 aliphatic heterocycles. The molecule has 10 heteroatoms. The number of amides is 1. The Bertz CT molecular complexity index is 1300. The minimum Gasteiger partial charge on any atom is -0.384 e. The molecular weight excluding hydrogens is 458 g/mol. The van der Waals surface area contributed by atoms with Gasteiger partial charge in [0.1, 0.15) is 11.4 Å². The van der Waals surface area contributed by atoms with Crippen LogP contribution in [0.5, 0.6) is 0 Å². The highest BCUT2D eigenvalue weighted by Gasteiger charge is 2.23. The molecule has 34 heavy (non-hydrogen) atoms. The lowest BCUT2D eigenvalue weighted by molar-refractivity contribution is -0.116. The van der Waals surface area contributed by atoms with Crippen LogP contribution in [0.3, 0.4) is 0 Å². The van der Waals surface area contributed by atoms with E-state index in [0.29, 0.717) is 10.7 Å². The third kappa shape index (κ3) is 5.81. The summed E-state index contributed by atoms with van der Waals surface area (Å²) in [5.74, 6) is -1.11. The molecule has 1 heterocycles. The largest absolute Gasteiger partial charge is 0.384 e. The van der Waals surface area contributed by atoms with E-state index in [4.69, 9.17) is 17.3 Å². The number of rotatable bonds is 9. The van der Waals surface area contributed by atoms with Gasteiger partial charge in [-0.3, -0.25) is 28.4 Å². The number of nitrogens with two attached hydrogens (primary N) is 1. The van der Waals surface area contributed by atoms with Crippen molar-refractivity contribution in [3.05, 3.63) is 91.6 Å². The van der Waals surface area contributed by atoms with Gasteiger partial charge >= 0.3 is 5.69 Å². The van der Waals surface area contributed by atoms with Crippen LogP contribution in [0.25, 0.3) is 0 Å². The van der Waals surface area contributed by atoms with E-state index in [-0.39, 0.29) is 43.5 Å². The van der Waals surface area contributed by atoms with E-state index >= 15 is 0 Å². The Kier molecular flexibility index (Phi) is 8.04. The molecule has 0 aliphatic carbocycles. The zero-order valence-electron chi connectivity index (χ0n) is 19.0. The molecule has 0 radical (unpaired) electrons. The third-order valence-corrected chi connectivity index (χ3v) is 5.45. The molecule has 0 fully saturated rings. The number of halogens is 1. The minimum absolute atomic E-state index is 0.0896. The minimum atomic E-state index is -0.738. The Hall–Kier alpha value is -3.69. The topological polar surface area (TPSA) is 119 Å². The molecular formula is C24H26ClN5O4. The highest BCUT2D eigenvalue weighted by molar-refractivity contribution is 6.30. The average molecular weight is 484 g/mol. The molecule has 9 nitrogen and oxygen atoms in total. The molecule has 0 saturated carbocycles. The first kappa shape index (κ1) is 24.9. The van der Waals surface area contributed by atoms with Gasteiger partial charge in [0.15, 0.2) is 5.78 Å². The molecule has 178 valence electrons. The van der Waals surface area contributed by atoms with E-state index in [9.17, 15) is 19.2 Å². The van der Waals surface area contributed by atoms with Crippen molar-refractivity contribution in [1.29, 1.82) is 0 Å². The highest BCUT2D eigenvalue weighted by atomic mass is 35.5. The van der Waals surface area contributed by atoms with E-state index in [1.807, 2.05) is 30.3 Å². The fourth-order valence-electron chi connectivity index (χ4n) is 3.53. The van der Waals surface area contributed by atoms with Gasteiger partial charge in [0.2, 0.25) is 5.91 Å². The standard InChI is InChI=1S/C24H26ClN5O4/c1-3-29-23(33)21(22(26)30(24(29)34)13-16-7-5-4-6-8-16)19(31)14-28(2)15-20(32)27-18-11-9-17(25)10-12-18/h4-12H,3,13-15,26H2,1-2H3,(H,27,32). The maximum atomic E-state index is 13.1. The number of ketones is 1. The zero-order chi connectivity index (χ0) is 24.8. The number of aromatic nitrogens is 2. The first-order valence-electron chi connectivity index (χ1n) is 10.7. The lowest BCUT2D eigenvalue weighted by Gasteiger charge is -2.18. The SMILES string of the molecule is CCn1c(=O)c(C(=O)CN(C)CC(=O)Nc2ccc(Cl)cc2)c(N)n(Cc2ccccc2)c1=O. The summed E-state index contributed by atoms with van der Waals surface area (Å²) in [6.45, 7) is 1.52. The maximum Gasteiger partial charge on any atom is 0.332 e. The van der Waals surface area contributed by atoms with Gasteiger partial charge in [-0.2, -0.15) is 0 Å². The second kappa shape index (κ2) is 11.0. The van der Waals surface area contributed by atoms with E-state index in [2.05, 4.69) is 5.32 Å². The fourth-order valence-corrected chi connectivity index (χ4v) is 3.66. The zero-order valence-corrected chi connectivity index (χ0v) is 19.7. The number of nitrogen functional groups attached to an aromatic ring is 1. The van der Waals surface area contributed by atoms with Crippen molar-refractivity contribution in [1.82, 2.24) is 14.0 Å². The van der Waals surface area contributed by atoms with Crippen LogP contribution in [0, 0.1) is 0 Å². The van der Waals surface area contributed by atoms with E-state index in [1.165, 1.54) is 9.47 Å². The summed E-state index contributed by atoms with van der Waals surface area (Å²) in [4.78, 5) is 52.6. The molecule has 1 aromatic heterocycles. The van der Waals surface area contributed by atoms with Crippen LogP contribution in [-0.2, 0) is 17.9 Å². The van der Waals surface area contributed by atoms with Crippen molar-refractivity contribution < 1.29 is 9.59 Å². The summed E-state index contributed by atoms with van der Waals surface area (Å²) >= 11 is 5.84. The molecule has 0 saturated heterocycles. The van der Waals surface area contributed by atoms with Crippen molar-refractivity contribution in [3.8, 4) is 0 Å². The van der Waals surface area contributed by atoms with Crippen molar-refractivity contribution in [2.75, 3.05) is 31.2 Å². The molecule has 3 aromatic rings. The molecule has 2 aromatic carbocycles. The van der Waals surface area contributed by atoms with Gasteiger partial charge in [-0.25, -0.2) is 4.79 Å². The number of hydrogen-bond acceptors (Lipinski definition) is 6. The fraction of sp³-hybridized carbons (Fsp3) is 0.250. The predicted octanol–water partition coefficient (Wildman–Crippen LogP) is 2.07. The number of likely N-dealkylation sites (N-methyl/N-ethyl adjacent to an activating group) is 1. The van der Waals surface area contributed by atoms with Crippen molar-refractivity contribution in [2.24, 2.45) is 0 Å². The van der Waals surface area contributed by atoms with Gasteiger partial charge < -0.3 is 11.1 Å². The summed E-state index contributed by atoms with van der Waals surface area (Å²) in [6, 6.07) is 15.8. The quantitative estimate of drug-likeness (QED) is 0.450. The Morgan fingerprint density at radius 3 is 2.26 bits per heavy atom. The van der Waals surface area contributed by atoms with Crippen LogP contribution < -0.4 is 22.3 Å². The van der Waals surface area contributed by atoms with Crippen molar-refractivity contribution in [2.45, 2.75) is 20.0 Å². The lowest BCUT2D eigenvalue weighted by atomic mass is 10.1. The summed E-state index contributed by atoms with van der Waals surface area (Å²) < 4.78 is 2.21. The number of nitrogens with zero attached hydrogens (tertiary/aromatic N) is 3. The monoisotopic (exact) mass is 483 g/mol. The average Bonchev–Trinajstić information content (AvgIpc) is 2.79. The molecule has 3 rings (SSSR count). The van der Waals surface area contributed by atoms with Gasteiger partial charge in [-0.05, 0) is 43.8 Å². The van der Waals surface area contributed by atoms with E-state index < -0.39 is 17.0 Å². The predicted molar refractivity (Wildman–Crippen MR) is 133 cm³/mol. The van der Waals surface area contributed by atoms with Gasteiger partial charge in [0.05, 0.1) is 19.6 Å². The molecule has 0 spiro atoms. The normalized spacial score (nSPS) is 10.9.